The molecule has 0 saturated carbocycles. The van der Waals surface area contributed by atoms with E-state index in [1.54, 1.807) is 51.8 Å². The molecule has 0 amide bonds. The minimum Gasteiger partial charge on any atom is -0.497 e. The first-order valence-electron chi connectivity index (χ1n) is 14.2. The molecule has 0 radical (unpaired) electrons. The summed E-state index contributed by atoms with van der Waals surface area (Å²) in [5.41, 5.74) is 7.08. The van der Waals surface area contributed by atoms with Crippen molar-refractivity contribution in [2.75, 3.05) is 26.6 Å². The number of hydrogen-bond acceptors (Lipinski definition) is 7. The maximum Gasteiger partial charge on any atom is 0.258 e. The van der Waals surface area contributed by atoms with Gasteiger partial charge in [0.25, 0.3) is 5.56 Å². The lowest BCUT2D eigenvalue weighted by Crippen LogP contribution is -2.43. The van der Waals surface area contributed by atoms with Crippen LogP contribution in [-0.4, -0.2) is 43.9 Å². The van der Waals surface area contributed by atoms with E-state index in [0.29, 0.717) is 67.8 Å². The van der Waals surface area contributed by atoms with Gasteiger partial charge in [-0.2, -0.15) is 4.98 Å². The smallest absolute Gasteiger partial charge is 0.258 e. The lowest BCUT2D eigenvalue weighted by molar-refractivity contribution is 0.393. The Balaban J connectivity index is 2.01. The SMILES string of the molecule is COc1ccc(-n2c(=O)cc(C#C[Si](C(C)C)(C(C)C)C(C)C)c3cnc(Nc4ccccc4OC)nc32)c(OC)c1. The number of benzene rings is 2. The molecule has 2 heterocycles. The standard InChI is InChI=1S/C33H40N4O4Si/c1-21(2)42(22(3)4,23(5)6)17-16-24-18-31(38)37(28-15-14-25(39-7)19-30(28)41-9)32-26(24)20-34-33(36-32)35-27-12-10-11-13-29(27)40-8/h10-15,18-23H,1-9H3,(H,34,35,36). The van der Waals surface area contributed by atoms with Crippen LogP contribution >= 0.6 is 0 Å². The highest BCUT2D eigenvalue weighted by molar-refractivity contribution is 6.90. The van der Waals surface area contributed by atoms with Crippen LogP contribution in [0.5, 0.6) is 17.2 Å². The summed E-state index contributed by atoms with van der Waals surface area (Å²) < 4.78 is 18.1. The lowest BCUT2D eigenvalue weighted by Gasteiger charge is -2.38. The van der Waals surface area contributed by atoms with Crippen molar-refractivity contribution in [3.05, 3.63) is 70.6 Å². The Kier molecular flexibility index (Phi) is 9.27. The summed E-state index contributed by atoms with van der Waals surface area (Å²) >= 11 is 0. The van der Waals surface area contributed by atoms with Crippen LogP contribution < -0.4 is 25.1 Å². The summed E-state index contributed by atoms with van der Waals surface area (Å²) in [7, 11) is 2.69. The predicted octanol–water partition coefficient (Wildman–Crippen LogP) is 7.12. The highest BCUT2D eigenvalue weighted by Gasteiger charge is 2.41. The fourth-order valence-electron chi connectivity index (χ4n) is 5.95. The van der Waals surface area contributed by atoms with Crippen molar-refractivity contribution in [3.8, 4) is 34.4 Å². The summed E-state index contributed by atoms with van der Waals surface area (Å²) in [6, 6.07) is 14.4. The molecule has 0 saturated heterocycles. The average molecular weight is 585 g/mol. The summed E-state index contributed by atoms with van der Waals surface area (Å²) in [6.45, 7) is 13.6. The number of fused-ring (bicyclic) bond motifs is 1. The molecular weight excluding hydrogens is 544 g/mol. The normalized spacial score (nSPS) is 11.5. The zero-order chi connectivity index (χ0) is 30.6. The van der Waals surface area contributed by atoms with Gasteiger partial charge in [0.15, 0.2) is 5.65 Å². The third kappa shape index (κ3) is 5.72. The van der Waals surface area contributed by atoms with Crippen molar-refractivity contribution >= 4 is 30.7 Å². The van der Waals surface area contributed by atoms with E-state index >= 15 is 0 Å². The second-order valence-corrected chi connectivity index (χ2v) is 16.8. The molecule has 0 bridgehead atoms. The van der Waals surface area contributed by atoms with Crippen LogP contribution in [0.2, 0.25) is 16.6 Å². The van der Waals surface area contributed by atoms with Gasteiger partial charge in [-0.3, -0.25) is 9.36 Å². The van der Waals surface area contributed by atoms with Crippen molar-refractivity contribution in [2.45, 2.75) is 58.2 Å². The molecular formula is C33H40N4O4Si. The van der Waals surface area contributed by atoms with Gasteiger partial charge in [0, 0.05) is 23.9 Å². The van der Waals surface area contributed by atoms with Gasteiger partial charge in [0.05, 0.1) is 38.1 Å². The van der Waals surface area contributed by atoms with E-state index in [9.17, 15) is 4.79 Å². The second-order valence-electron chi connectivity index (χ2n) is 11.2. The number of ether oxygens (including phenoxy) is 3. The number of nitrogens with zero attached hydrogens (tertiary/aromatic N) is 3. The van der Waals surface area contributed by atoms with Crippen molar-refractivity contribution in [1.29, 1.82) is 0 Å². The van der Waals surface area contributed by atoms with E-state index in [2.05, 4.69) is 63.3 Å². The van der Waals surface area contributed by atoms with Crippen LogP contribution in [-0.2, 0) is 0 Å². The van der Waals surface area contributed by atoms with Gasteiger partial charge in [-0.1, -0.05) is 59.6 Å². The fourth-order valence-corrected chi connectivity index (χ4v) is 11.2. The maximum atomic E-state index is 13.9. The average Bonchev–Trinajstić information content (AvgIpc) is 2.97. The molecule has 8 nitrogen and oxygen atoms in total. The number of rotatable bonds is 9. The summed E-state index contributed by atoms with van der Waals surface area (Å²) in [5, 5.41) is 3.91. The van der Waals surface area contributed by atoms with Gasteiger partial charge in [-0.25, -0.2) is 4.98 Å². The minimum absolute atomic E-state index is 0.275. The molecule has 2 aromatic carbocycles. The monoisotopic (exact) mass is 584 g/mol. The van der Waals surface area contributed by atoms with E-state index < -0.39 is 8.07 Å². The van der Waals surface area contributed by atoms with Crippen molar-refractivity contribution in [1.82, 2.24) is 14.5 Å². The Morgan fingerprint density at radius 1 is 0.857 bits per heavy atom. The van der Waals surface area contributed by atoms with Gasteiger partial charge >= 0.3 is 0 Å². The van der Waals surface area contributed by atoms with Crippen LogP contribution in [0, 0.1) is 11.5 Å². The molecule has 9 heteroatoms. The first-order valence-corrected chi connectivity index (χ1v) is 16.4. The molecule has 0 aliphatic rings. The molecule has 0 atom stereocenters. The Bertz CT molecular complexity index is 1680. The molecule has 0 fully saturated rings. The van der Waals surface area contributed by atoms with Crippen LogP contribution in [0.25, 0.3) is 16.7 Å². The van der Waals surface area contributed by atoms with E-state index in [1.807, 2.05) is 24.3 Å². The highest BCUT2D eigenvalue weighted by atomic mass is 28.3. The van der Waals surface area contributed by atoms with Crippen LogP contribution in [0.4, 0.5) is 11.6 Å². The van der Waals surface area contributed by atoms with E-state index in [1.165, 1.54) is 4.57 Å². The predicted molar refractivity (Wildman–Crippen MR) is 172 cm³/mol. The topological polar surface area (TPSA) is 87.5 Å². The number of anilines is 2. The number of aromatic nitrogens is 3. The number of pyridine rings is 1. The van der Waals surface area contributed by atoms with Crippen LogP contribution in [0.15, 0.2) is 59.5 Å². The molecule has 220 valence electrons. The van der Waals surface area contributed by atoms with Gasteiger partial charge in [0.2, 0.25) is 5.95 Å². The molecule has 0 aliphatic heterocycles. The first-order chi connectivity index (χ1) is 20.1. The van der Waals surface area contributed by atoms with Crippen LogP contribution in [0.1, 0.15) is 47.1 Å². The zero-order valence-electron chi connectivity index (χ0n) is 25.9. The van der Waals surface area contributed by atoms with Gasteiger partial charge in [-0.05, 0) is 40.9 Å². The number of hydrogen-bond donors (Lipinski definition) is 1. The molecule has 2 aromatic heterocycles. The molecule has 42 heavy (non-hydrogen) atoms. The Morgan fingerprint density at radius 2 is 1.52 bits per heavy atom. The van der Waals surface area contributed by atoms with Gasteiger partial charge in [-0.15, -0.1) is 5.54 Å². The Hall–Kier alpha value is -4.29. The summed E-state index contributed by atoms with van der Waals surface area (Å²) in [4.78, 5) is 23.4. The number of methoxy groups -OCH3 is 3. The molecule has 4 aromatic rings. The molecule has 1 N–H and O–H groups in total. The highest BCUT2D eigenvalue weighted by Crippen LogP contribution is 2.41. The first kappa shape index (κ1) is 30.7. The van der Waals surface area contributed by atoms with E-state index in [-0.39, 0.29) is 5.56 Å². The van der Waals surface area contributed by atoms with Crippen molar-refractivity contribution in [2.24, 2.45) is 0 Å². The molecule has 0 aliphatic carbocycles. The lowest BCUT2D eigenvalue weighted by atomic mass is 10.1. The van der Waals surface area contributed by atoms with Crippen molar-refractivity contribution in [3.63, 3.8) is 0 Å². The largest absolute Gasteiger partial charge is 0.497 e. The molecule has 4 rings (SSSR count). The zero-order valence-corrected chi connectivity index (χ0v) is 26.9. The number of nitrogens with one attached hydrogen (secondary N) is 1. The maximum absolute atomic E-state index is 13.9. The third-order valence-electron chi connectivity index (χ3n) is 8.02. The fraction of sp³-hybridized carbons (Fsp3) is 0.364. The van der Waals surface area contributed by atoms with E-state index in [0.717, 1.165) is 0 Å². The van der Waals surface area contributed by atoms with Gasteiger partial charge in [0.1, 0.15) is 25.3 Å². The second kappa shape index (κ2) is 12.7. The van der Waals surface area contributed by atoms with Gasteiger partial charge < -0.3 is 19.5 Å². The number of para-hydroxylation sites is 2. The van der Waals surface area contributed by atoms with Crippen molar-refractivity contribution < 1.29 is 14.2 Å². The Morgan fingerprint density at radius 3 is 2.14 bits per heavy atom. The third-order valence-corrected chi connectivity index (χ3v) is 14.3. The quantitative estimate of drug-likeness (QED) is 0.166. The summed E-state index contributed by atoms with van der Waals surface area (Å²) in [6.07, 6.45) is 1.72. The molecule has 0 spiro atoms. The van der Waals surface area contributed by atoms with E-state index in [4.69, 9.17) is 19.2 Å². The Labute approximate surface area is 249 Å². The minimum atomic E-state index is -2.06. The molecule has 0 unspecified atom stereocenters. The van der Waals surface area contributed by atoms with Crippen LogP contribution in [0.3, 0.4) is 0 Å². The summed E-state index contributed by atoms with van der Waals surface area (Å²) in [5.74, 6) is 5.50.